The topological polar surface area (TPSA) is 9.23 Å². The quantitative estimate of drug-likeness (QED) is 0.381. The highest BCUT2D eigenvalue weighted by molar-refractivity contribution is 4.79. The molecule has 0 radical (unpaired) electrons. The molecule has 8 heteroatoms. The van der Waals surface area contributed by atoms with Crippen molar-refractivity contribution >= 4 is 0 Å². The van der Waals surface area contributed by atoms with E-state index in [9.17, 15) is 30.7 Å². The first-order valence-electron chi connectivity index (χ1n) is 6.32. The summed E-state index contributed by atoms with van der Waals surface area (Å²) in [5, 5.41) is 0. The molecule has 0 aromatic rings. The zero-order chi connectivity index (χ0) is 15.6. The average molecular weight is 312 g/mol. The van der Waals surface area contributed by atoms with Crippen molar-refractivity contribution in [3.8, 4) is 0 Å². The molecule has 0 rings (SSSR count). The molecular formula is C12H19F7O. The Kier molecular flexibility index (Phi) is 9.16. The van der Waals surface area contributed by atoms with E-state index in [0.717, 1.165) is 0 Å². The molecule has 0 unspecified atom stereocenters. The summed E-state index contributed by atoms with van der Waals surface area (Å²) < 4.78 is 91.2. The minimum absolute atomic E-state index is 0.0734. The summed E-state index contributed by atoms with van der Waals surface area (Å²) in [5.74, 6) is -4.28. The summed E-state index contributed by atoms with van der Waals surface area (Å²) in [5.41, 5.74) is -1.92. The molecule has 0 aromatic carbocycles. The lowest BCUT2D eigenvalue weighted by atomic mass is 9.91. The second kappa shape index (κ2) is 9.41. The first kappa shape index (κ1) is 19.5. The van der Waals surface area contributed by atoms with E-state index in [2.05, 4.69) is 4.74 Å². The lowest BCUT2D eigenvalue weighted by Gasteiger charge is -2.25. The Hall–Kier alpha value is -0.530. The van der Waals surface area contributed by atoms with Crippen molar-refractivity contribution in [1.29, 1.82) is 0 Å². The Morgan fingerprint density at radius 3 is 1.75 bits per heavy atom. The fourth-order valence-corrected chi connectivity index (χ4v) is 1.67. The van der Waals surface area contributed by atoms with Gasteiger partial charge >= 0.3 is 12.3 Å². The number of hydrogen-bond donors (Lipinski definition) is 0. The first-order chi connectivity index (χ1) is 9.27. The van der Waals surface area contributed by atoms with Crippen molar-refractivity contribution in [2.75, 3.05) is 26.6 Å². The SMILES string of the molecule is FCCCC(F)(CCCF)CCOCC(F)(F)C(F)F. The van der Waals surface area contributed by atoms with Crippen LogP contribution in [0.25, 0.3) is 0 Å². The average Bonchev–Trinajstić information content (AvgIpc) is 2.39. The van der Waals surface area contributed by atoms with E-state index in [1.54, 1.807) is 0 Å². The van der Waals surface area contributed by atoms with Crippen LogP contribution in [-0.4, -0.2) is 44.6 Å². The molecule has 0 bridgehead atoms. The Morgan fingerprint density at radius 1 is 0.850 bits per heavy atom. The molecule has 0 N–H and O–H groups in total. The van der Waals surface area contributed by atoms with Crippen LogP contribution < -0.4 is 0 Å². The number of ether oxygens (including phenoxy) is 1. The number of halogens is 7. The zero-order valence-corrected chi connectivity index (χ0v) is 11.0. The third-order valence-corrected chi connectivity index (χ3v) is 2.83. The highest BCUT2D eigenvalue weighted by Crippen LogP contribution is 2.29. The molecule has 0 aliphatic heterocycles. The summed E-state index contributed by atoms with van der Waals surface area (Å²) in [6, 6.07) is 0. The zero-order valence-electron chi connectivity index (χ0n) is 11.0. The fourth-order valence-electron chi connectivity index (χ4n) is 1.67. The second-order valence-electron chi connectivity index (χ2n) is 4.60. The van der Waals surface area contributed by atoms with Crippen molar-refractivity contribution in [2.24, 2.45) is 0 Å². The maximum Gasteiger partial charge on any atom is 0.330 e. The van der Waals surface area contributed by atoms with Crippen LogP contribution in [0.15, 0.2) is 0 Å². The van der Waals surface area contributed by atoms with Gasteiger partial charge < -0.3 is 4.74 Å². The van der Waals surface area contributed by atoms with Gasteiger partial charge in [-0.05, 0) is 25.7 Å². The van der Waals surface area contributed by atoms with Gasteiger partial charge in [-0.3, -0.25) is 8.78 Å². The molecule has 0 aromatic heterocycles. The van der Waals surface area contributed by atoms with E-state index < -0.39 is 44.6 Å². The molecule has 122 valence electrons. The molecule has 0 aliphatic rings. The molecule has 0 fully saturated rings. The van der Waals surface area contributed by atoms with Crippen molar-refractivity contribution < 1.29 is 35.5 Å². The monoisotopic (exact) mass is 312 g/mol. The molecule has 0 spiro atoms. The minimum Gasteiger partial charge on any atom is -0.375 e. The largest absolute Gasteiger partial charge is 0.375 e. The Labute approximate surface area is 113 Å². The summed E-state index contributed by atoms with van der Waals surface area (Å²) in [6.45, 7) is -3.50. The number of rotatable bonds is 12. The van der Waals surface area contributed by atoms with E-state index in [-0.39, 0.29) is 32.1 Å². The molecule has 0 aliphatic carbocycles. The third-order valence-electron chi connectivity index (χ3n) is 2.83. The molecule has 0 heterocycles. The third kappa shape index (κ3) is 7.91. The van der Waals surface area contributed by atoms with Gasteiger partial charge in [0.1, 0.15) is 12.3 Å². The normalized spacial score (nSPS) is 13.2. The van der Waals surface area contributed by atoms with Gasteiger partial charge in [0.15, 0.2) is 0 Å². The second-order valence-corrected chi connectivity index (χ2v) is 4.60. The fraction of sp³-hybridized carbons (Fsp3) is 1.00. The maximum atomic E-state index is 14.2. The smallest absolute Gasteiger partial charge is 0.330 e. The molecule has 1 nitrogen and oxygen atoms in total. The summed E-state index contributed by atoms with van der Waals surface area (Å²) in [4.78, 5) is 0. The predicted molar refractivity (Wildman–Crippen MR) is 60.6 cm³/mol. The van der Waals surface area contributed by atoms with Crippen LogP contribution in [0.5, 0.6) is 0 Å². The molecule has 0 saturated heterocycles. The number of alkyl halides is 7. The van der Waals surface area contributed by atoms with Crippen LogP contribution in [0.4, 0.5) is 30.7 Å². The Balaban J connectivity index is 4.13. The van der Waals surface area contributed by atoms with Crippen LogP contribution in [0, 0.1) is 0 Å². The van der Waals surface area contributed by atoms with Gasteiger partial charge in [-0.25, -0.2) is 13.2 Å². The molecule has 20 heavy (non-hydrogen) atoms. The predicted octanol–water partition coefficient (Wildman–Crippen LogP) is 4.50. The number of hydrogen-bond acceptors (Lipinski definition) is 1. The van der Waals surface area contributed by atoms with Crippen molar-refractivity contribution in [1.82, 2.24) is 0 Å². The highest BCUT2D eigenvalue weighted by Gasteiger charge is 2.41. The van der Waals surface area contributed by atoms with E-state index in [1.807, 2.05) is 0 Å². The molecule has 0 atom stereocenters. The Bertz CT molecular complexity index is 240. The van der Waals surface area contributed by atoms with Crippen molar-refractivity contribution in [2.45, 2.75) is 50.1 Å². The van der Waals surface area contributed by atoms with Gasteiger partial charge in [-0.1, -0.05) is 0 Å². The Morgan fingerprint density at radius 2 is 1.35 bits per heavy atom. The molecule has 0 amide bonds. The van der Waals surface area contributed by atoms with Crippen molar-refractivity contribution in [3.05, 3.63) is 0 Å². The maximum absolute atomic E-state index is 14.2. The van der Waals surface area contributed by atoms with Crippen LogP contribution in [0.3, 0.4) is 0 Å². The summed E-state index contributed by atoms with van der Waals surface area (Å²) in [7, 11) is 0. The lowest BCUT2D eigenvalue weighted by molar-refractivity contribution is -0.167. The van der Waals surface area contributed by atoms with Crippen LogP contribution in [-0.2, 0) is 4.74 Å². The van der Waals surface area contributed by atoms with Gasteiger partial charge in [0.05, 0.1) is 13.3 Å². The van der Waals surface area contributed by atoms with E-state index in [0.29, 0.717) is 0 Å². The minimum atomic E-state index is -4.28. The summed E-state index contributed by atoms with van der Waals surface area (Å²) >= 11 is 0. The van der Waals surface area contributed by atoms with E-state index in [4.69, 9.17) is 0 Å². The highest BCUT2D eigenvalue weighted by atomic mass is 19.3. The van der Waals surface area contributed by atoms with Crippen molar-refractivity contribution in [3.63, 3.8) is 0 Å². The van der Waals surface area contributed by atoms with E-state index >= 15 is 0 Å². The van der Waals surface area contributed by atoms with E-state index in [1.165, 1.54) is 0 Å². The standard InChI is InChI=1S/C12H19F7O/c13-6-1-3-11(17,4-2-7-14)5-8-20-9-12(18,19)10(15)16/h10H,1-9H2. The molecule has 0 saturated carbocycles. The van der Waals surface area contributed by atoms with Gasteiger partial charge in [0.2, 0.25) is 0 Å². The summed E-state index contributed by atoms with van der Waals surface area (Å²) in [6.07, 6.45) is -4.72. The van der Waals surface area contributed by atoms with Gasteiger partial charge in [-0.2, -0.15) is 8.78 Å². The van der Waals surface area contributed by atoms with Gasteiger partial charge in [-0.15, -0.1) is 0 Å². The van der Waals surface area contributed by atoms with Crippen LogP contribution >= 0.6 is 0 Å². The van der Waals surface area contributed by atoms with Crippen LogP contribution in [0.1, 0.15) is 32.1 Å². The molecular weight excluding hydrogens is 293 g/mol. The van der Waals surface area contributed by atoms with Crippen LogP contribution in [0.2, 0.25) is 0 Å². The van der Waals surface area contributed by atoms with Gasteiger partial charge in [0, 0.05) is 13.0 Å². The lowest BCUT2D eigenvalue weighted by Crippen LogP contribution is -2.33. The van der Waals surface area contributed by atoms with Gasteiger partial charge in [0.25, 0.3) is 0 Å². The first-order valence-corrected chi connectivity index (χ1v) is 6.32.